The summed E-state index contributed by atoms with van der Waals surface area (Å²) in [5.74, 6) is -0.815. The van der Waals surface area contributed by atoms with Crippen LogP contribution in [-0.2, 0) is 26.2 Å². The molecule has 1 saturated carbocycles. The second kappa shape index (κ2) is 13.9. The Balaban J connectivity index is 1.70. The number of anilines is 1. The van der Waals surface area contributed by atoms with E-state index in [-0.39, 0.29) is 39.1 Å². The smallest absolute Gasteiger partial charge is 0.264 e. The van der Waals surface area contributed by atoms with Crippen molar-refractivity contribution in [2.45, 2.75) is 76.4 Å². The molecular weight excluding hydrogens is 593 g/mol. The van der Waals surface area contributed by atoms with E-state index in [0.29, 0.717) is 0 Å². The number of carbonyl (C=O) groups excluding carboxylic acids is 2. The Morgan fingerprint density at radius 1 is 0.905 bits per heavy atom. The maximum atomic E-state index is 14.1. The normalized spacial score (nSPS) is 14.7. The number of sulfonamides is 1. The highest BCUT2D eigenvalue weighted by molar-refractivity contribution is 7.92. The molecule has 0 bridgehead atoms. The standard InChI is InChI=1S/C32H37Cl2N3O4S/c1-22-9-13-25(14-10-22)20-36(24(3)32(39)35-27-7-5-4-6-8-27)31(38)21-37(30-19-26(33)15-18-29(30)34)42(40,41)28-16-11-23(2)12-17-28/h9-19,24,27H,4-8,20-21H2,1-3H3,(H,35,39)/t24-/m0/s1. The van der Waals surface area contributed by atoms with Gasteiger partial charge in [0.15, 0.2) is 0 Å². The van der Waals surface area contributed by atoms with Crippen LogP contribution in [0.2, 0.25) is 10.0 Å². The highest BCUT2D eigenvalue weighted by Crippen LogP contribution is 2.33. The highest BCUT2D eigenvalue weighted by atomic mass is 35.5. The van der Waals surface area contributed by atoms with Gasteiger partial charge in [0.05, 0.1) is 15.6 Å². The number of halogens is 2. The van der Waals surface area contributed by atoms with Crippen LogP contribution < -0.4 is 9.62 Å². The maximum absolute atomic E-state index is 14.1. The molecule has 1 aliphatic rings. The number of nitrogens with one attached hydrogen (secondary N) is 1. The molecule has 7 nitrogen and oxygen atoms in total. The predicted octanol–water partition coefficient (Wildman–Crippen LogP) is 6.67. The second-order valence-corrected chi connectivity index (χ2v) is 13.7. The van der Waals surface area contributed by atoms with Crippen LogP contribution >= 0.6 is 23.2 Å². The number of benzene rings is 3. The van der Waals surface area contributed by atoms with E-state index < -0.39 is 28.5 Å². The molecule has 1 atom stereocenters. The Bertz CT molecular complexity index is 1510. The lowest BCUT2D eigenvalue weighted by Crippen LogP contribution is -2.53. The quantitative estimate of drug-likeness (QED) is 0.271. The van der Waals surface area contributed by atoms with E-state index >= 15 is 0 Å². The maximum Gasteiger partial charge on any atom is 0.264 e. The van der Waals surface area contributed by atoms with Crippen molar-refractivity contribution in [3.8, 4) is 0 Å². The Morgan fingerprint density at radius 2 is 1.50 bits per heavy atom. The van der Waals surface area contributed by atoms with E-state index in [4.69, 9.17) is 23.2 Å². The molecule has 0 heterocycles. The van der Waals surface area contributed by atoms with Gasteiger partial charge >= 0.3 is 0 Å². The van der Waals surface area contributed by atoms with Crippen LogP contribution in [-0.4, -0.2) is 43.8 Å². The van der Waals surface area contributed by atoms with E-state index in [1.54, 1.807) is 25.1 Å². The Hall–Kier alpha value is -3.07. The fourth-order valence-corrected chi connectivity index (χ4v) is 6.93. The van der Waals surface area contributed by atoms with Gasteiger partial charge in [-0.3, -0.25) is 13.9 Å². The van der Waals surface area contributed by atoms with E-state index in [9.17, 15) is 18.0 Å². The minimum absolute atomic E-state index is 0.00474. The number of hydrogen-bond donors (Lipinski definition) is 1. The lowest BCUT2D eigenvalue weighted by Gasteiger charge is -2.33. The van der Waals surface area contributed by atoms with Crippen LogP contribution in [0.4, 0.5) is 5.69 Å². The molecule has 1 N–H and O–H groups in total. The zero-order valence-corrected chi connectivity index (χ0v) is 26.5. The summed E-state index contributed by atoms with van der Waals surface area (Å²) >= 11 is 12.7. The number of rotatable bonds is 10. The number of aryl methyl sites for hydroxylation is 2. The molecule has 2 amide bonds. The van der Waals surface area contributed by atoms with Gasteiger partial charge < -0.3 is 10.2 Å². The molecule has 224 valence electrons. The fraction of sp³-hybridized carbons (Fsp3) is 0.375. The van der Waals surface area contributed by atoms with Gasteiger partial charge in [0.25, 0.3) is 10.0 Å². The Morgan fingerprint density at radius 3 is 2.12 bits per heavy atom. The zero-order valence-electron chi connectivity index (χ0n) is 24.1. The topological polar surface area (TPSA) is 86.8 Å². The fourth-order valence-electron chi connectivity index (χ4n) is 5.07. The molecule has 0 unspecified atom stereocenters. The number of nitrogens with zero attached hydrogens (tertiary/aromatic N) is 2. The summed E-state index contributed by atoms with van der Waals surface area (Å²) in [5, 5.41) is 3.50. The van der Waals surface area contributed by atoms with Gasteiger partial charge in [-0.05, 0) is 69.5 Å². The van der Waals surface area contributed by atoms with Crippen LogP contribution in [0.5, 0.6) is 0 Å². The molecule has 0 saturated heterocycles. The molecule has 0 radical (unpaired) electrons. The Labute approximate surface area is 258 Å². The first-order valence-corrected chi connectivity index (χ1v) is 16.3. The number of amides is 2. The molecule has 4 rings (SSSR count). The third-order valence-electron chi connectivity index (χ3n) is 7.66. The summed E-state index contributed by atoms with van der Waals surface area (Å²) in [6, 6.07) is 17.7. The van der Waals surface area contributed by atoms with Gasteiger partial charge in [0, 0.05) is 17.6 Å². The number of hydrogen-bond acceptors (Lipinski definition) is 4. The summed E-state index contributed by atoms with van der Waals surface area (Å²) in [4.78, 5) is 29.0. The van der Waals surface area contributed by atoms with Crippen LogP contribution in [0.15, 0.2) is 71.6 Å². The average Bonchev–Trinajstić information content (AvgIpc) is 2.97. The van der Waals surface area contributed by atoms with Crippen molar-refractivity contribution in [3.63, 3.8) is 0 Å². The van der Waals surface area contributed by atoms with Crippen molar-refractivity contribution in [1.82, 2.24) is 10.2 Å². The van der Waals surface area contributed by atoms with Crippen LogP contribution in [0.3, 0.4) is 0 Å². The van der Waals surface area contributed by atoms with Gasteiger partial charge in [-0.2, -0.15) is 0 Å². The van der Waals surface area contributed by atoms with Crippen molar-refractivity contribution < 1.29 is 18.0 Å². The number of carbonyl (C=O) groups is 2. The molecule has 3 aromatic carbocycles. The summed E-state index contributed by atoms with van der Waals surface area (Å²) in [6.45, 7) is 5.04. The van der Waals surface area contributed by atoms with Crippen molar-refractivity contribution in [1.29, 1.82) is 0 Å². The SMILES string of the molecule is Cc1ccc(CN(C(=O)CN(c2cc(Cl)ccc2Cl)S(=O)(=O)c2ccc(C)cc2)[C@@H](C)C(=O)NC2CCCCC2)cc1. The predicted molar refractivity (Wildman–Crippen MR) is 168 cm³/mol. The first-order valence-electron chi connectivity index (χ1n) is 14.2. The molecule has 42 heavy (non-hydrogen) atoms. The molecule has 0 aliphatic heterocycles. The van der Waals surface area contributed by atoms with Gasteiger partial charge in [-0.1, -0.05) is 90.0 Å². The average molecular weight is 631 g/mol. The van der Waals surface area contributed by atoms with E-state index in [1.807, 2.05) is 38.1 Å². The molecular formula is C32H37Cl2N3O4S. The summed E-state index contributed by atoms with van der Waals surface area (Å²) < 4.78 is 29.0. The summed E-state index contributed by atoms with van der Waals surface area (Å²) in [7, 11) is -4.24. The van der Waals surface area contributed by atoms with Gasteiger partial charge in [-0.15, -0.1) is 0 Å². The lowest BCUT2D eigenvalue weighted by atomic mass is 9.95. The third-order valence-corrected chi connectivity index (χ3v) is 9.99. The monoisotopic (exact) mass is 629 g/mol. The van der Waals surface area contributed by atoms with Crippen molar-refractivity contribution in [2.75, 3.05) is 10.8 Å². The van der Waals surface area contributed by atoms with E-state index in [2.05, 4.69) is 5.32 Å². The minimum atomic E-state index is -4.24. The first-order chi connectivity index (χ1) is 20.0. The second-order valence-electron chi connectivity index (χ2n) is 10.9. The van der Waals surface area contributed by atoms with Crippen molar-refractivity contribution >= 4 is 50.7 Å². The molecule has 1 aliphatic carbocycles. The molecule has 1 fully saturated rings. The van der Waals surface area contributed by atoms with Gasteiger partial charge in [0.2, 0.25) is 11.8 Å². The third kappa shape index (κ3) is 7.85. The van der Waals surface area contributed by atoms with Crippen molar-refractivity contribution in [3.05, 3.63) is 93.5 Å². The molecule has 0 spiro atoms. The van der Waals surface area contributed by atoms with Crippen LogP contribution in [0.25, 0.3) is 0 Å². The summed E-state index contributed by atoms with van der Waals surface area (Å²) in [5.41, 5.74) is 2.85. The first kappa shape index (κ1) is 31.9. The minimum Gasteiger partial charge on any atom is -0.352 e. The largest absolute Gasteiger partial charge is 0.352 e. The summed E-state index contributed by atoms with van der Waals surface area (Å²) in [6.07, 6.45) is 5.06. The molecule has 10 heteroatoms. The van der Waals surface area contributed by atoms with Gasteiger partial charge in [-0.25, -0.2) is 8.42 Å². The Kier molecular flexibility index (Phi) is 10.6. The van der Waals surface area contributed by atoms with Crippen LogP contribution in [0, 0.1) is 13.8 Å². The molecule has 3 aromatic rings. The van der Waals surface area contributed by atoms with Gasteiger partial charge in [0.1, 0.15) is 12.6 Å². The van der Waals surface area contributed by atoms with Crippen molar-refractivity contribution in [2.24, 2.45) is 0 Å². The highest BCUT2D eigenvalue weighted by Gasteiger charge is 2.34. The lowest BCUT2D eigenvalue weighted by molar-refractivity contribution is -0.139. The van der Waals surface area contributed by atoms with E-state index in [0.717, 1.165) is 53.1 Å². The zero-order chi connectivity index (χ0) is 30.4. The van der Waals surface area contributed by atoms with E-state index in [1.165, 1.54) is 29.2 Å². The molecule has 0 aromatic heterocycles. The van der Waals surface area contributed by atoms with Crippen LogP contribution in [0.1, 0.15) is 55.7 Å².